The average molecular weight is 322 g/mol. The Morgan fingerprint density at radius 2 is 2.20 bits per heavy atom. The number of nitrogens with one attached hydrogen (secondary N) is 1. The first-order valence-corrected chi connectivity index (χ1v) is 7.18. The fraction of sp³-hybridized carbons (Fsp3) is 0. The summed E-state index contributed by atoms with van der Waals surface area (Å²) in [7, 11) is 0. The molecule has 20 heavy (non-hydrogen) atoms. The number of anilines is 2. The topological polar surface area (TPSA) is 76.7 Å². The molecule has 100 valence electrons. The minimum atomic E-state index is 0.256. The van der Waals surface area contributed by atoms with E-state index in [1.54, 1.807) is 12.1 Å². The second-order valence-corrected chi connectivity index (χ2v) is 5.82. The molecule has 1 aromatic carbocycles. The van der Waals surface area contributed by atoms with E-state index in [9.17, 15) is 0 Å². The summed E-state index contributed by atoms with van der Waals surface area (Å²) in [6.45, 7) is 0. The number of hydrogen-bond acceptors (Lipinski definition) is 6. The Kier molecular flexibility index (Phi) is 3.47. The standard InChI is InChI=1S/C12H8ClN5S2/c13-6-1-2-8-9(5-6)20-12(16-8)17-11-7(10(14)19)3-4-15-18-11/h1-5H,(H2,14,19)(H,16,17,18). The number of nitrogens with two attached hydrogens (primary N) is 1. The zero-order valence-corrected chi connectivity index (χ0v) is 12.4. The number of rotatable bonds is 3. The molecule has 3 aromatic rings. The van der Waals surface area contributed by atoms with E-state index in [1.165, 1.54) is 17.5 Å². The zero-order valence-electron chi connectivity index (χ0n) is 10.0. The van der Waals surface area contributed by atoms with Crippen molar-refractivity contribution in [2.75, 3.05) is 5.32 Å². The number of aromatic nitrogens is 3. The van der Waals surface area contributed by atoms with Crippen molar-refractivity contribution in [3.8, 4) is 0 Å². The van der Waals surface area contributed by atoms with Crippen LogP contribution in [0.1, 0.15) is 5.56 Å². The van der Waals surface area contributed by atoms with Crippen molar-refractivity contribution in [3.63, 3.8) is 0 Å². The maximum absolute atomic E-state index is 5.96. The maximum atomic E-state index is 5.96. The Hall–Kier alpha value is -1.83. The van der Waals surface area contributed by atoms with Crippen LogP contribution >= 0.6 is 35.2 Å². The number of thiocarbonyl (C=S) groups is 1. The van der Waals surface area contributed by atoms with E-state index in [4.69, 9.17) is 29.6 Å². The fourth-order valence-corrected chi connectivity index (χ4v) is 2.98. The van der Waals surface area contributed by atoms with Crippen LogP contribution in [0.3, 0.4) is 0 Å². The van der Waals surface area contributed by atoms with Crippen molar-refractivity contribution in [2.24, 2.45) is 5.73 Å². The van der Waals surface area contributed by atoms with E-state index in [1.807, 2.05) is 12.1 Å². The molecule has 0 aliphatic carbocycles. The molecule has 0 fully saturated rings. The summed E-state index contributed by atoms with van der Waals surface area (Å²) in [5.74, 6) is 0.491. The summed E-state index contributed by atoms with van der Waals surface area (Å²) in [6, 6.07) is 7.24. The minimum absolute atomic E-state index is 0.256. The predicted octanol–water partition coefficient (Wildman–Crippen LogP) is 3.12. The summed E-state index contributed by atoms with van der Waals surface area (Å²) < 4.78 is 0.987. The Morgan fingerprint density at radius 3 is 3.00 bits per heavy atom. The van der Waals surface area contributed by atoms with Crippen LogP contribution in [-0.4, -0.2) is 20.2 Å². The van der Waals surface area contributed by atoms with E-state index < -0.39 is 0 Å². The molecule has 0 radical (unpaired) electrons. The molecule has 8 heteroatoms. The van der Waals surface area contributed by atoms with Crippen LogP contribution in [0.15, 0.2) is 30.5 Å². The highest BCUT2D eigenvalue weighted by Crippen LogP contribution is 2.30. The first kappa shape index (κ1) is 13.2. The van der Waals surface area contributed by atoms with Gasteiger partial charge in [-0.05, 0) is 24.3 Å². The van der Waals surface area contributed by atoms with E-state index in [2.05, 4.69) is 20.5 Å². The van der Waals surface area contributed by atoms with Crippen molar-refractivity contribution < 1.29 is 0 Å². The van der Waals surface area contributed by atoms with E-state index >= 15 is 0 Å². The largest absolute Gasteiger partial charge is 0.389 e. The highest BCUT2D eigenvalue weighted by Gasteiger charge is 2.10. The van der Waals surface area contributed by atoms with Gasteiger partial charge in [-0.15, -0.1) is 5.10 Å². The molecule has 0 spiro atoms. The van der Waals surface area contributed by atoms with Gasteiger partial charge in [-0.25, -0.2) is 4.98 Å². The first-order chi connectivity index (χ1) is 9.63. The van der Waals surface area contributed by atoms with Crippen molar-refractivity contribution in [2.45, 2.75) is 0 Å². The van der Waals surface area contributed by atoms with Gasteiger partial charge in [0.25, 0.3) is 0 Å². The second-order valence-electron chi connectivity index (χ2n) is 3.91. The van der Waals surface area contributed by atoms with Gasteiger partial charge in [0.2, 0.25) is 0 Å². The first-order valence-electron chi connectivity index (χ1n) is 5.58. The summed E-state index contributed by atoms with van der Waals surface area (Å²) in [6.07, 6.45) is 1.54. The number of nitrogens with zero attached hydrogens (tertiary/aromatic N) is 3. The summed E-state index contributed by atoms with van der Waals surface area (Å²) >= 11 is 12.4. The molecule has 0 saturated heterocycles. The summed E-state index contributed by atoms with van der Waals surface area (Å²) in [5.41, 5.74) is 7.15. The predicted molar refractivity (Wildman–Crippen MR) is 85.8 cm³/mol. The Morgan fingerprint density at radius 1 is 1.35 bits per heavy atom. The molecule has 0 unspecified atom stereocenters. The van der Waals surface area contributed by atoms with Crippen LogP contribution in [0, 0.1) is 0 Å². The quantitative estimate of drug-likeness (QED) is 0.722. The van der Waals surface area contributed by atoms with Crippen LogP contribution < -0.4 is 11.1 Å². The molecule has 0 aliphatic heterocycles. The van der Waals surface area contributed by atoms with Gasteiger partial charge < -0.3 is 11.1 Å². The van der Waals surface area contributed by atoms with Gasteiger partial charge in [-0.3, -0.25) is 0 Å². The van der Waals surface area contributed by atoms with Gasteiger partial charge in [0.1, 0.15) is 4.99 Å². The van der Waals surface area contributed by atoms with Gasteiger partial charge in [0, 0.05) is 5.02 Å². The van der Waals surface area contributed by atoms with Crippen LogP contribution in [0.25, 0.3) is 10.2 Å². The van der Waals surface area contributed by atoms with Gasteiger partial charge in [-0.2, -0.15) is 5.10 Å². The Labute approximate surface area is 128 Å². The molecule has 3 rings (SSSR count). The minimum Gasteiger partial charge on any atom is -0.389 e. The van der Waals surface area contributed by atoms with Gasteiger partial charge in [0.15, 0.2) is 10.9 Å². The van der Waals surface area contributed by atoms with Crippen LogP contribution in [0.5, 0.6) is 0 Å². The third-order valence-corrected chi connectivity index (χ3v) is 3.95. The van der Waals surface area contributed by atoms with E-state index in [0.29, 0.717) is 21.5 Å². The maximum Gasteiger partial charge on any atom is 0.189 e. The van der Waals surface area contributed by atoms with E-state index in [0.717, 1.165) is 10.2 Å². The van der Waals surface area contributed by atoms with Crippen LogP contribution in [0.2, 0.25) is 5.02 Å². The molecule has 2 aromatic heterocycles. The van der Waals surface area contributed by atoms with Gasteiger partial charge in [0.05, 0.1) is 22.0 Å². The average Bonchev–Trinajstić information content (AvgIpc) is 2.80. The lowest BCUT2D eigenvalue weighted by Gasteiger charge is -2.05. The zero-order chi connectivity index (χ0) is 14.1. The molecule has 0 aliphatic rings. The monoisotopic (exact) mass is 321 g/mol. The lowest BCUT2D eigenvalue weighted by atomic mass is 10.3. The molecule has 5 nitrogen and oxygen atoms in total. The van der Waals surface area contributed by atoms with Crippen molar-refractivity contribution in [1.82, 2.24) is 15.2 Å². The molecular weight excluding hydrogens is 314 g/mol. The van der Waals surface area contributed by atoms with Crippen molar-refractivity contribution in [3.05, 3.63) is 41.0 Å². The Balaban J connectivity index is 1.99. The summed E-state index contributed by atoms with van der Waals surface area (Å²) in [5, 5.41) is 12.3. The number of fused-ring (bicyclic) bond motifs is 1. The highest BCUT2D eigenvalue weighted by molar-refractivity contribution is 7.80. The number of benzene rings is 1. The molecule has 0 atom stereocenters. The second kappa shape index (κ2) is 5.28. The van der Waals surface area contributed by atoms with Gasteiger partial charge >= 0.3 is 0 Å². The van der Waals surface area contributed by atoms with Crippen molar-refractivity contribution in [1.29, 1.82) is 0 Å². The number of halogens is 1. The van der Waals surface area contributed by atoms with Crippen molar-refractivity contribution >= 4 is 61.3 Å². The molecular formula is C12H8ClN5S2. The molecule has 0 bridgehead atoms. The SMILES string of the molecule is NC(=S)c1ccnnc1Nc1nc2ccc(Cl)cc2s1. The number of thiazole rings is 1. The highest BCUT2D eigenvalue weighted by atomic mass is 35.5. The smallest absolute Gasteiger partial charge is 0.189 e. The lowest BCUT2D eigenvalue weighted by Crippen LogP contribution is -2.13. The third kappa shape index (κ3) is 2.55. The normalized spacial score (nSPS) is 10.7. The van der Waals surface area contributed by atoms with E-state index in [-0.39, 0.29) is 4.99 Å². The third-order valence-electron chi connectivity index (χ3n) is 2.56. The molecule has 2 heterocycles. The lowest BCUT2D eigenvalue weighted by molar-refractivity contribution is 1.03. The van der Waals surface area contributed by atoms with Crippen LogP contribution in [-0.2, 0) is 0 Å². The van der Waals surface area contributed by atoms with Gasteiger partial charge in [-0.1, -0.05) is 35.2 Å². The summed E-state index contributed by atoms with van der Waals surface area (Å²) in [4.78, 5) is 4.70. The Bertz CT molecular complexity index is 801. The fourth-order valence-electron chi connectivity index (χ4n) is 1.68. The molecule has 0 saturated carbocycles. The molecule has 0 amide bonds. The van der Waals surface area contributed by atoms with Crippen LogP contribution in [0.4, 0.5) is 10.9 Å². The molecule has 3 N–H and O–H groups in total. The number of hydrogen-bond donors (Lipinski definition) is 2.